The lowest BCUT2D eigenvalue weighted by Gasteiger charge is -2.21. The molecule has 96 valence electrons. The van der Waals surface area contributed by atoms with E-state index < -0.39 is 0 Å². The summed E-state index contributed by atoms with van der Waals surface area (Å²) in [4.78, 5) is 12.6. The van der Waals surface area contributed by atoms with Crippen LogP contribution in [0.4, 0.5) is 0 Å². The first-order valence-electron chi connectivity index (χ1n) is 6.93. The van der Waals surface area contributed by atoms with E-state index in [1.165, 1.54) is 18.4 Å². The lowest BCUT2D eigenvalue weighted by atomic mass is 9.80. The van der Waals surface area contributed by atoms with Crippen LogP contribution in [-0.4, -0.2) is 11.9 Å². The first-order valence-corrected chi connectivity index (χ1v) is 6.93. The number of fused-ring (bicyclic) bond motifs is 1. The average molecular weight is 244 g/mol. The molecule has 0 saturated heterocycles. The van der Waals surface area contributed by atoms with Gasteiger partial charge in [0.15, 0.2) is 5.78 Å². The normalized spacial score (nSPS) is 24.7. The predicted octanol–water partition coefficient (Wildman–Crippen LogP) is 3.77. The van der Waals surface area contributed by atoms with Gasteiger partial charge in [-0.3, -0.25) is 4.79 Å². The van der Waals surface area contributed by atoms with E-state index in [9.17, 15) is 4.79 Å². The standard InChI is InChI=1S/C16H20O2/c1-11-9-13-10-12(5-6-14(13)18-11)15(17)16(2)7-3-4-8-16/h5-6,10-11H,3-4,7-9H2,1-2H3. The SMILES string of the molecule is CC1Cc2cc(C(=O)C3(C)CCCC3)ccc2O1. The Morgan fingerprint density at radius 2 is 2.06 bits per heavy atom. The zero-order valence-electron chi connectivity index (χ0n) is 11.2. The molecule has 1 aliphatic heterocycles. The van der Waals surface area contributed by atoms with Gasteiger partial charge in [0.2, 0.25) is 0 Å². The zero-order chi connectivity index (χ0) is 12.8. The monoisotopic (exact) mass is 244 g/mol. The number of hydrogen-bond donors (Lipinski definition) is 0. The van der Waals surface area contributed by atoms with Gasteiger partial charge in [0.05, 0.1) is 0 Å². The molecule has 1 fully saturated rings. The van der Waals surface area contributed by atoms with Gasteiger partial charge in [-0.1, -0.05) is 19.8 Å². The Morgan fingerprint density at radius 1 is 1.33 bits per heavy atom. The molecule has 1 atom stereocenters. The van der Waals surface area contributed by atoms with E-state index in [0.717, 1.165) is 30.6 Å². The van der Waals surface area contributed by atoms with Gasteiger partial charge in [-0.25, -0.2) is 0 Å². The summed E-state index contributed by atoms with van der Waals surface area (Å²) in [5, 5.41) is 0. The largest absolute Gasteiger partial charge is 0.490 e. The smallest absolute Gasteiger partial charge is 0.168 e. The maximum atomic E-state index is 12.6. The summed E-state index contributed by atoms with van der Waals surface area (Å²) in [5.41, 5.74) is 1.94. The van der Waals surface area contributed by atoms with Crippen LogP contribution in [0.3, 0.4) is 0 Å². The van der Waals surface area contributed by atoms with E-state index in [0.29, 0.717) is 5.78 Å². The number of carbonyl (C=O) groups is 1. The minimum atomic E-state index is -0.126. The lowest BCUT2D eigenvalue weighted by molar-refractivity contribution is 0.0823. The van der Waals surface area contributed by atoms with Crippen LogP contribution in [0.5, 0.6) is 5.75 Å². The van der Waals surface area contributed by atoms with Crippen molar-refractivity contribution in [3.63, 3.8) is 0 Å². The number of Topliss-reactive ketones (excluding diaryl/α,β-unsaturated/α-hetero) is 1. The number of hydrogen-bond acceptors (Lipinski definition) is 2. The highest BCUT2D eigenvalue weighted by Gasteiger charge is 2.37. The molecule has 1 aromatic carbocycles. The maximum absolute atomic E-state index is 12.6. The second-order valence-electron chi connectivity index (χ2n) is 6.05. The van der Waals surface area contributed by atoms with Crippen molar-refractivity contribution in [1.82, 2.24) is 0 Å². The summed E-state index contributed by atoms with van der Waals surface area (Å²) in [6.07, 6.45) is 5.62. The minimum Gasteiger partial charge on any atom is -0.490 e. The van der Waals surface area contributed by atoms with E-state index in [1.807, 2.05) is 18.2 Å². The second-order valence-corrected chi connectivity index (χ2v) is 6.05. The first kappa shape index (κ1) is 11.8. The summed E-state index contributed by atoms with van der Waals surface area (Å²) in [7, 11) is 0. The molecule has 18 heavy (non-hydrogen) atoms. The summed E-state index contributed by atoms with van der Waals surface area (Å²) < 4.78 is 5.68. The quantitative estimate of drug-likeness (QED) is 0.740. The Morgan fingerprint density at radius 3 is 2.78 bits per heavy atom. The molecular formula is C16H20O2. The molecule has 0 N–H and O–H groups in total. The van der Waals surface area contributed by atoms with E-state index in [1.54, 1.807) is 0 Å². The molecular weight excluding hydrogens is 224 g/mol. The van der Waals surface area contributed by atoms with Crippen molar-refractivity contribution in [1.29, 1.82) is 0 Å². The van der Waals surface area contributed by atoms with Crippen LogP contribution in [0.15, 0.2) is 18.2 Å². The van der Waals surface area contributed by atoms with Gasteiger partial charge < -0.3 is 4.74 Å². The third-order valence-electron chi connectivity index (χ3n) is 4.41. The summed E-state index contributed by atoms with van der Waals surface area (Å²) >= 11 is 0. The number of rotatable bonds is 2. The molecule has 0 bridgehead atoms. The predicted molar refractivity (Wildman–Crippen MR) is 71.1 cm³/mol. The van der Waals surface area contributed by atoms with Crippen LogP contribution >= 0.6 is 0 Å². The van der Waals surface area contributed by atoms with Crippen molar-refractivity contribution in [2.45, 2.75) is 52.1 Å². The summed E-state index contributed by atoms with van der Waals surface area (Å²) in [6.45, 7) is 4.19. The fourth-order valence-electron chi connectivity index (χ4n) is 3.29. The van der Waals surface area contributed by atoms with Crippen LogP contribution in [-0.2, 0) is 6.42 Å². The van der Waals surface area contributed by atoms with Gasteiger partial charge >= 0.3 is 0 Å². The van der Waals surface area contributed by atoms with E-state index >= 15 is 0 Å². The molecule has 1 aliphatic carbocycles. The Labute approximate surface area is 108 Å². The van der Waals surface area contributed by atoms with Crippen molar-refractivity contribution < 1.29 is 9.53 Å². The number of carbonyl (C=O) groups excluding carboxylic acids is 1. The first-order chi connectivity index (χ1) is 8.58. The average Bonchev–Trinajstić information content (AvgIpc) is 2.93. The molecule has 3 rings (SSSR count). The Hall–Kier alpha value is -1.31. The molecule has 1 heterocycles. The summed E-state index contributed by atoms with van der Waals surface area (Å²) in [5.74, 6) is 1.28. The third kappa shape index (κ3) is 1.84. The molecule has 2 heteroatoms. The van der Waals surface area contributed by atoms with Gasteiger partial charge in [0, 0.05) is 17.4 Å². The van der Waals surface area contributed by atoms with Crippen molar-refractivity contribution >= 4 is 5.78 Å². The Balaban J connectivity index is 1.89. The van der Waals surface area contributed by atoms with Crippen molar-refractivity contribution in [3.05, 3.63) is 29.3 Å². The van der Waals surface area contributed by atoms with E-state index in [2.05, 4.69) is 13.8 Å². The highest BCUT2D eigenvalue weighted by atomic mass is 16.5. The van der Waals surface area contributed by atoms with Gasteiger partial charge in [-0.05, 0) is 43.5 Å². The highest BCUT2D eigenvalue weighted by Crippen LogP contribution is 2.41. The Bertz CT molecular complexity index is 484. The van der Waals surface area contributed by atoms with Gasteiger partial charge in [-0.15, -0.1) is 0 Å². The Kier molecular flexibility index (Phi) is 2.69. The zero-order valence-corrected chi connectivity index (χ0v) is 11.2. The number of benzene rings is 1. The van der Waals surface area contributed by atoms with Crippen LogP contribution in [0.25, 0.3) is 0 Å². The molecule has 1 aromatic rings. The van der Waals surface area contributed by atoms with Gasteiger partial charge in [0.25, 0.3) is 0 Å². The second kappa shape index (κ2) is 4.11. The fourth-order valence-corrected chi connectivity index (χ4v) is 3.29. The number of ether oxygens (including phenoxy) is 1. The van der Waals surface area contributed by atoms with Crippen LogP contribution < -0.4 is 4.74 Å². The van der Waals surface area contributed by atoms with Crippen LogP contribution in [0.1, 0.15) is 55.5 Å². The van der Waals surface area contributed by atoms with E-state index in [-0.39, 0.29) is 11.5 Å². The van der Waals surface area contributed by atoms with Crippen molar-refractivity contribution in [3.8, 4) is 5.75 Å². The van der Waals surface area contributed by atoms with Crippen LogP contribution in [0, 0.1) is 5.41 Å². The van der Waals surface area contributed by atoms with Gasteiger partial charge in [0.1, 0.15) is 11.9 Å². The molecule has 1 saturated carbocycles. The highest BCUT2D eigenvalue weighted by molar-refractivity contribution is 6.00. The van der Waals surface area contributed by atoms with Gasteiger partial charge in [-0.2, -0.15) is 0 Å². The summed E-state index contributed by atoms with van der Waals surface area (Å²) in [6, 6.07) is 5.94. The topological polar surface area (TPSA) is 26.3 Å². The maximum Gasteiger partial charge on any atom is 0.168 e. The van der Waals surface area contributed by atoms with E-state index in [4.69, 9.17) is 4.74 Å². The molecule has 2 nitrogen and oxygen atoms in total. The molecule has 0 aromatic heterocycles. The molecule has 0 amide bonds. The fraction of sp³-hybridized carbons (Fsp3) is 0.562. The minimum absolute atomic E-state index is 0.126. The molecule has 0 spiro atoms. The van der Waals surface area contributed by atoms with Crippen molar-refractivity contribution in [2.24, 2.45) is 5.41 Å². The molecule has 2 aliphatic rings. The molecule has 1 unspecified atom stereocenters. The van der Waals surface area contributed by atoms with Crippen molar-refractivity contribution in [2.75, 3.05) is 0 Å². The van der Waals surface area contributed by atoms with Crippen LogP contribution in [0.2, 0.25) is 0 Å². The number of ketones is 1. The third-order valence-corrected chi connectivity index (χ3v) is 4.41. The lowest BCUT2D eigenvalue weighted by Crippen LogP contribution is -2.24. The molecule has 0 radical (unpaired) electrons.